The fourth-order valence-corrected chi connectivity index (χ4v) is 1.97. The molecule has 0 amide bonds. The van der Waals surface area contributed by atoms with E-state index in [2.05, 4.69) is 37.3 Å². The van der Waals surface area contributed by atoms with Crippen molar-refractivity contribution in [3.05, 3.63) is 35.9 Å². The molecule has 0 bridgehead atoms. The van der Waals surface area contributed by atoms with Gasteiger partial charge in [0, 0.05) is 6.04 Å². The van der Waals surface area contributed by atoms with Gasteiger partial charge < -0.3 is 5.73 Å². The van der Waals surface area contributed by atoms with Gasteiger partial charge in [-0.15, -0.1) is 0 Å². The Morgan fingerprint density at radius 2 is 1.75 bits per heavy atom. The second kappa shape index (κ2) is 8.35. The quantitative estimate of drug-likeness (QED) is 0.659. The van der Waals surface area contributed by atoms with E-state index in [1.165, 1.54) is 37.7 Å². The molecular weight excluding hydrogens is 194 g/mol. The third-order valence-electron chi connectivity index (χ3n) is 3.08. The van der Waals surface area contributed by atoms with E-state index in [-0.39, 0.29) is 0 Å². The Morgan fingerprint density at radius 3 is 2.44 bits per heavy atom. The van der Waals surface area contributed by atoms with E-state index in [1.54, 1.807) is 0 Å². The van der Waals surface area contributed by atoms with Crippen LogP contribution in [0.5, 0.6) is 0 Å². The van der Waals surface area contributed by atoms with Crippen molar-refractivity contribution < 1.29 is 0 Å². The number of hydrogen-bond acceptors (Lipinski definition) is 1. The first-order valence-electron chi connectivity index (χ1n) is 6.62. The van der Waals surface area contributed by atoms with Crippen LogP contribution in [0.3, 0.4) is 0 Å². The molecule has 1 heteroatoms. The standard InChI is InChI=1S/C15H25N/c1-2-3-4-8-11-15(16)13-12-14-9-6-5-7-10-14/h5-7,9-10,15H,2-4,8,11-13,16H2,1H3/t15-/m0/s1. The zero-order chi connectivity index (χ0) is 11.6. The Morgan fingerprint density at radius 1 is 1.00 bits per heavy atom. The Bertz CT molecular complexity index is 255. The lowest BCUT2D eigenvalue weighted by Crippen LogP contribution is -2.20. The van der Waals surface area contributed by atoms with Gasteiger partial charge in [0.25, 0.3) is 0 Å². The van der Waals surface area contributed by atoms with Crippen LogP contribution in [0.15, 0.2) is 30.3 Å². The molecule has 0 aromatic heterocycles. The van der Waals surface area contributed by atoms with E-state index >= 15 is 0 Å². The largest absolute Gasteiger partial charge is 0.328 e. The summed E-state index contributed by atoms with van der Waals surface area (Å²) in [4.78, 5) is 0. The number of rotatable bonds is 8. The minimum Gasteiger partial charge on any atom is -0.328 e. The summed E-state index contributed by atoms with van der Waals surface area (Å²) < 4.78 is 0. The zero-order valence-electron chi connectivity index (χ0n) is 10.5. The van der Waals surface area contributed by atoms with Gasteiger partial charge in [0.1, 0.15) is 0 Å². The summed E-state index contributed by atoms with van der Waals surface area (Å²) in [6.45, 7) is 2.25. The SMILES string of the molecule is CCCCCC[C@H](N)CCc1ccccc1. The molecular formula is C15H25N. The van der Waals surface area contributed by atoms with Crippen molar-refractivity contribution in [1.82, 2.24) is 0 Å². The lowest BCUT2D eigenvalue weighted by molar-refractivity contribution is 0.521. The predicted octanol–water partition coefficient (Wildman–Crippen LogP) is 3.92. The van der Waals surface area contributed by atoms with Crippen molar-refractivity contribution in [2.45, 2.75) is 57.9 Å². The maximum absolute atomic E-state index is 6.10. The highest BCUT2D eigenvalue weighted by Crippen LogP contribution is 2.09. The van der Waals surface area contributed by atoms with Crippen LogP contribution >= 0.6 is 0 Å². The molecule has 1 aromatic carbocycles. The molecule has 0 heterocycles. The van der Waals surface area contributed by atoms with Crippen LogP contribution in [0, 0.1) is 0 Å². The van der Waals surface area contributed by atoms with E-state index in [4.69, 9.17) is 5.73 Å². The first kappa shape index (κ1) is 13.2. The molecule has 0 radical (unpaired) electrons. The molecule has 0 spiro atoms. The average Bonchev–Trinajstić information content (AvgIpc) is 2.33. The van der Waals surface area contributed by atoms with Crippen molar-refractivity contribution in [3.8, 4) is 0 Å². The highest BCUT2D eigenvalue weighted by atomic mass is 14.6. The summed E-state index contributed by atoms with van der Waals surface area (Å²) in [5, 5.41) is 0. The van der Waals surface area contributed by atoms with Crippen molar-refractivity contribution >= 4 is 0 Å². The third kappa shape index (κ3) is 5.92. The highest BCUT2D eigenvalue weighted by molar-refractivity contribution is 5.14. The lowest BCUT2D eigenvalue weighted by Gasteiger charge is -2.11. The second-order valence-electron chi connectivity index (χ2n) is 4.63. The molecule has 1 nitrogen and oxygen atoms in total. The average molecular weight is 219 g/mol. The van der Waals surface area contributed by atoms with Crippen molar-refractivity contribution in [2.75, 3.05) is 0 Å². The molecule has 1 aromatic rings. The van der Waals surface area contributed by atoms with Gasteiger partial charge in [-0.05, 0) is 24.8 Å². The molecule has 16 heavy (non-hydrogen) atoms. The third-order valence-corrected chi connectivity index (χ3v) is 3.08. The van der Waals surface area contributed by atoms with Crippen LogP contribution < -0.4 is 5.73 Å². The number of unbranched alkanes of at least 4 members (excludes halogenated alkanes) is 3. The fraction of sp³-hybridized carbons (Fsp3) is 0.600. The molecule has 90 valence electrons. The Balaban J connectivity index is 2.08. The summed E-state index contributed by atoms with van der Waals surface area (Å²) in [5.74, 6) is 0. The van der Waals surface area contributed by atoms with Gasteiger partial charge in [0.2, 0.25) is 0 Å². The highest BCUT2D eigenvalue weighted by Gasteiger charge is 2.02. The molecule has 0 saturated carbocycles. The molecule has 1 rings (SSSR count). The minimum absolute atomic E-state index is 0.386. The fourth-order valence-electron chi connectivity index (χ4n) is 1.97. The molecule has 0 unspecified atom stereocenters. The summed E-state index contributed by atoms with van der Waals surface area (Å²) in [7, 11) is 0. The van der Waals surface area contributed by atoms with E-state index in [1.807, 2.05) is 0 Å². The summed E-state index contributed by atoms with van der Waals surface area (Å²) in [6, 6.07) is 11.0. The lowest BCUT2D eigenvalue weighted by atomic mass is 10.0. The monoisotopic (exact) mass is 219 g/mol. The smallest absolute Gasteiger partial charge is 0.00419 e. The summed E-state index contributed by atoms with van der Waals surface area (Å²) >= 11 is 0. The van der Waals surface area contributed by atoms with Crippen LogP contribution in [-0.4, -0.2) is 6.04 Å². The van der Waals surface area contributed by atoms with E-state index in [0.29, 0.717) is 6.04 Å². The van der Waals surface area contributed by atoms with Crippen LogP contribution in [0.4, 0.5) is 0 Å². The van der Waals surface area contributed by atoms with Gasteiger partial charge in [-0.2, -0.15) is 0 Å². The minimum atomic E-state index is 0.386. The first-order valence-corrected chi connectivity index (χ1v) is 6.62. The van der Waals surface area contributed by atoms with Gasteiger partial charge in [-0.3, -0.25) is 0 Å². The molecule has 0 aliphatic rings. The van der Waals surface area contributed by atoms with E-state index in [9.17, 15) is 0 Å². The number of aryl methyl sites for hydroxylation is 1. The second-order valence-corrected chi connectivity index (χ2v) is 4.63. The molecule has 0 aliphatic carbocycles. The summed E-state index contributed by atoms with van der Waals surface area (Å²) in [6.07, 6.45) is 8.72. The van der Waals surface area contributed by atoms with Crippen LogP contribution in [0.1, 0.15) is 51.0 Å². The van der Waals surface area contributed by atoms with Crippen molar-refractivity contribution in [1.29, 1.82) is 0 Å². The van der Waals surface area contributed by atoms with E-state index in [0.717, 1.165) is 12.8 Å². The Hall–Kier alpha value is -0.820. The van der Waals surface area contributed by atoms with Crippen LogP contribution in [0.25, 0.3) is 0 Å². The molecule has 0 fully saturated rings. The van der Waals surface area contributed by atoms with Gasteiger partial charge in [-0.1, -0.05) is 62.9 Å². The summed E-state index contributed by atoms with van der Waals surface area (Å²) in [5.41, 5.74) is 7.51. The maximum Gasteiger partial charge on any atom is 0.00419 e. The normalized spacial score (nSPS) is 12.6. The molecule has 2 N–H and O–H groups in total. The van der Waals surface area contributed by atoms with Gasteiger partial charge in [0.05, 0.1) is 0 Å². The van der Waals surface area contributed by atoms with Crippen molar-refractivity contribution in [3.63, 3.8) is 0 Å². The maximum atomic E-state index is 6.10. The van der Waals surface area contributed by atoms with Crippen molar-refractivity contribution in [2.24, 2.45) is 5.73 Å². The molecule has 0 saturated heterocycles. The predicted molar refractivity (Wildman–Crippen MR) is 71.5 cm³/mol. The van der Waals surface area contributed by atoms with Gasteiger partial charge in [0.15, 0.2) is 0 Å². The first-order chi connectivity index (χ1) is 7.83. The zero-order valence-corrected chi connectivity index (χ0v) is 10.5. The van der Waals surface area contributed by atoms with E-state index < -0.39 is 0 Å². The number of benzene rings is 1. The number of nitrogens with two attached hydrogens (primary N) is 1. The molecule has 0 aliphatic heterocycles. The topological polar surface area (TPSA) is 26.0 Å². The van der Waals surface area contributed by atoms with Crippen LogP contribution in [-0.2, 0) is 6.42 Å². The van der Waals surface area contributed by atoms with Gasteiger partial charge >= 0.3 is 0 Å². The van der Waals surface area contributed by atoms with Crippen LogP contribution in [0.2, 0.25) is 0 Å². The Labute approximate surface area is 100 Å². The molecule has 1 atom stereocenters. The Kier molecular flexibility index (Phi) is 6.91. The van der Waals surface area contributed by atoms with Gasteiger partial charge in [-0.25, -0.2) is 0 Å². The number of hydrogen-bond donors (Lipinski definition) is 1.